The Morgan fingerprint density at radius 3 is 2.59 bits per heavy atom. The van der Waals surface area contributed by atoms with E-state index in [2.05, 4.69) is 44.6 Å². The molecule has 1 amide bonds. The summed E-state index contributed by atoms with van der Waals surface area (Å²) in [6.07, 6.45) is 3.69. The minimum absolute atomic E-state index is 0.180. The van der Waals surface area contributed by atoms with Crippen LogP contribution in [0, 0.1) is 0 Å². The zero-order valence-electron chi connectivity index (χ0n) is 17.5. The number of carbonyl (C=O) groups is 1. The van der Waals surface area contributed by atoms with Crippen LogP contribution in [0.15, 0.2) is 72.4 Å². The van der Waals surface area contributed by atoms with Crippen molar-refractivity contribution in [3.8, 4) is 16.3 Å². The van der Waals surface area contributed by atoms with Crippen molar-refractivity contribution >= 4 is 22.9 Å². The fraction of sp³-hybridized carbons (Fsp3) is 0.208. The normalized spacial score (nSPS) is 13.8. The van der Waals surface area contributed by atoms with Gasteiger partial charge in [0.2, 0.25) is 0 Å². The van der Waals surface area contributed by atoms with Crippen molar-refractivity contribution in [1.82, 2.24) is 20.1 Å². The van der Waals surface area contributed by atoms with Gasteiger partial charge in [-0.15, -0.1) is 11.3 Å². The van der Waals surface area contributed by atoms with Crippen LogP contribution in [0.5, 0.6) is 0 Å². The molecule has 4 aromatic rings. The number of nitrogens with one attached hydrogen (secondary N) is 1. The van der Waals surface area contributed by atoms with Gasteiger partial charge >= 0.3 is 0 Å². The van der Waals surface area contributed by atoms with Crippen molar-refractivity contribution in [2.45, 2.75) is 6.54 Å². The number of aromatic nitrogens is 3. The fourth-order valence-electron chi connectivity index (χ4n) is 3.58. The highest BCUT2D eigenvalue weighted by Crippen LogP contribution is 2.24. The molecule has 8 heteroatoms. The summed E-state index contributed by atoms with van der Waals surface area (Å²) >= 11 is 1.44. The standard InChI is InChI=1S/C24H23N5O2S/c30-23(25-14-18-6-8-20(9-7-18)28-10-12-31-13-11-28)22-17-32-24(27-22)19-15-26-29(16-19)21-4-2-1-3-5-21/h1-9,15-17H,10-14H2,(H,25,30). The average Bonchev–Trinajstić information content (AvgIpc) is 3.54. The Balaban J connectivity index is 1.19. The summed E-state index contributed by atoms with van der Waals surface area (Å²) in [4.78, 5) is 19.4. The van der Waals surface area contributed by atoms with Gasteiger partial charge in [-0.05, 0) is 29.8 Å². The van der Waals surface area contributed by atoms with Crippen LogP contribution in [0.2, 0.25) is 0 Å². The lowest BCUT2D eigenvalue weighted by Gasteiger charge is -2.28. The second-order valence-electron chi connectivity index (χ2n) is 7.50. The Kier molecular flexibility index (Phi) is 5.96. The second kappa shape index (κ2) is 9.33. The summed E-state index contributed by atoms with van der Waals surface area (Å²) in [6, 6.07) is 18.2. The van der Waals surface area contributed by atoms with E-state index < -0.39 is 0 Å². The van der Waals surface area contributed by atoms with E-state index in [0.717, 1.165) is 48.1 Å². The molecule has 162 valence electrons. The van der Waals surface area contributed by atoms with E-state index >= 15 is 0 Å². The van der Waals surface area contributed by atoms with Crippen LogP contribution < -0.4 is 10.2 Å². The van der Waals surface area contributed by atoms with Crippen LogP contribution in [0.3, 0.4) is 0 Å². The number of thiazole rings is 1. The van der Waals surface area contributed by atoms with Gasteiger partial charge in [0.1, 0.15) is 10.7 Å². The molecule has 0 saturated carbocycles. The summed E-state index contributed by atoms with van der Waals surface area (Å²) in [6.45, 7) is 3.81. The molecule has 1 aliphatic heterocycles. The maximum Gasteiger partial charge on any atom is 0.271 e. The average molecular weight is 446 g/mol. The van der Waals surface area contributed by atoms with Crippen LogP contribution in [0.25, 0.3) is 16.3 Å². The van der Waals surface area contributed by atoms with Crippen molar-refractivity contribution in [3.05, 3.63) is 83.6 Å². The molecule has 1 N–H and O–H groups in total. The minimum atomic E-state index is -0.180. The van der Waals surface area contributed by atoms with Gasteiger partial charge in [0.25, 0.3) is 5.91 Å². The van der Waals surface area contributed by atoms with Gasteiger partial charge in [-0.1, -0.05) is 30.3 Å². The largest absolute Gasteiger partial charge is 0.378 e. The number of para-hydroxylation sites is 1. The number of anilines is 1. The summed E-state index contributed by atoms with van der Waals surface area (Å²) in [5, 5.41) is 9.92. The monoisotopic (exact) mass is 445 g/mol. The molecule has 5 rings (SSSR count). The maximum absolute atomic E-state index is 12.6. The molecule has 0 bridgehead atoms. The van der Waals surface area contributed by atoms with E-state index in [9.17, 15) is 4.79 Å². The SMILES string of the molecule is O=C(NCc1ccc(N2CCOCC2)cc1)c1csc(-c2cnn(-c3ccccc3)c2)n1. The molecule has 1 saturated heterocycles. The van der Waals surface area contributed by atoms with Gasteiger partial charge in [-0.3, -0.25) is 4.79 Å². The fourth-order valence-corrected chi connectivity index (χ4v) is 4.36. The lowest BCUT2D eigenvalue weighted by molar-refractivity contribution is 0.0946. The number of nitrogens with zero attached hydrogens (tertiary/aromatic N) is 4. The summed E-state index contributed by atoms with van der Waals surface area (Å²) in [5.41, 5.74) is 4.52. The summed E-state index contributed by atoms with van der Waals surface area (Å²) < 4.78 is 7.21. The Morgan fingerprint density at radius 1 is 1.03 bits per heavy atom. The van der Waals surface area contributed by atoms with E-state index in [1.807, 2.05) is 36.5 Å². The predicted molar refractivity (Wildman–Crippen MR) is 125 cm³/mol. The number of ether oxygens (including phenoxy) is 1. The van der Waals surface area contributed by atoms with E-state index in [0.29, 0.717) is 12.2 Å². The molecule has 3 heterocycles. The van der Waals surface area contributed by atoms with Crippen LogP contribution in [-0.2, 0) is 11.3 Å². The molecule has 0 atom stereocenters. The third kappa shape index (κ3) is 4.56. The highest BCUT2D eigenvalue weighted by atomic mass is 32.1. The zero-order valence-corrected chi connectivity index (χ0v) is 18.3. The number of benzene rings is 2. The van der Waals surface area contributed by atoms with Crippen molar-refractivity contribution in [1.29, 1.82) is 0 Å². The first-order chi connectivity index (χ1) is 15.8. The molecule has 0 spiro atoms. The Bertz CT molecular complexity index is 1180. The molecule has 0 unspecified atom stereocenters. The molecule has 1 fully saturated rings. The predicted octanol–water partition coefficient (Wildman–Crippen LogP) is 3.76. The highest BCUT2D eigenvalue weighted by molar-refractivity contribution is 7.13. The Labute approximate surface area is 190 Å². The van der Waals surface area contributed by atoms with E-state index in [1.54, 1.807) is 16.3 Å². The second-order valence-corrected chi connectivity index (χ2v) is 8.35. The van der Waals surface area contributed by atoms with Gasteiger partial charge in [-0.25, -0.2) is 9.67 Å². The molecule has 7 nitrogen and oxygen atoms in total. The van der Waals surface area contributed by atoms with Gasteiger partial charge < -0.3 is 15.0 Å². The first-order valence-electron chi connectivity index (χ1n) is 10.5. The number of hydrogen-bond acceptors (Lipinski definition) is 6. The number of carbonyl (C=O) groups excluding carboxylic acids is 1. The van der Waals surface area contributed by atoms with Gasteiger partial charge in [-0.2, -0.15) is 5.10 Å². The molecule has 1 aliphatic rings. The van der Waals surface area contributed by atoms with Crippen molar-refractivity contribution in [3.63, 3.8) is 0 Å². The smallest absolute Gasteiger partial charge is 0.271 e. The third-order valence-corrected chi connectivity index (χ3v) is 6.24. The maximum atomic E-state index is 12.6. The lowest BCUT2D eigenvalue weighted by Crippen LogP contribution is -2.36. The van der Waals surface area contributed by atoms with E-state index in [1.165, 1.54) is 17.0 Å². The van der Waals surface area contributed by atoms with Crippen LogP contribution >= 0.6 is 11.3 Å². The van der Waals surface area contributed by atoms with Gasteiger partial charge in [0.15, 0.2) is 0 Å². The number of amides is 1. The highest BCUT2D eigenvalue weighted by Gasteiger charge is 2.14. The third-order valence-electron chi connectivity index (χ3n) is 5.35. The molecule has 0 radical (unpaired) electrons. The number of rotatable bonds is 6. The quantitative estimate of drug-likeness (QED) is 0.489. The number of morpholine rings is 1. The Hall–Kier alpha value is -3.49. The van der Waals surface area contributed by atoms with Crippen molar-refractivity contribution in [2.75, 3.05) is 31.2 Å². The number of hydrogen-bond donors (Lipinski definition) is 1. The van der Waals surface area contributed by atoms with Crippen molar-refractivity contribution < 1.29 is 9.53 Å². The van der Waals surface area contributed by atoms with E-state index in [4.69, 9.17) is 4.74 Å². The summed E-state index contributed by atoms with van der Waals surface area (Å²) in [5.74, 6) is -0.180. The molecular formula is C24H23N5O2S. The molecule has 0 aliphatic carbocycles. The first-order valence-corrected chi connectivity index (χ1v) is 11.4. The zero-order chi connectivity index (χ0) is 21.8. The van der Waals surface area contributed by atoms with Crippen LogP contribution in [0.1, 0.15) is 16.1 Å². The van der Waals surface area contributed by atoms with Crippen molar-refractivity contribution in [2.24, 2.45) is 0 Å². The lowest BCUT2D eigenvalue weighted by atomic mass is 10.2. The molecule has 32 heavy (non-hydrogen) atoms. The Morgan fingerprint density at radius 2 is 1.81 bits per heavy atom. The molecule has 2 aromatic heterocycles. The topological polar surface area (TPSA) is 72.3 Å². The van der Waals surface area contributed by atoms with Crippen LogP contribution in [-0.4, -0.2) is 47.0 Å². The minimum Gasteiger partial charge on any atom is -0.378 e. The molecule has 2 aromatic carbocycles. The summed E-state index contributed by atoms with van der Waals surface area (Å²) in [7, 11) is 0. The van der Waals surface area contributed by atoms with Gasteiger partial charge in [0, 0.05) is 42.5 Å². The van der Waals surface area contributed by atoms with Gasteiger partial charge in [0.05, 0.1) is 25.1 Å². The van der Waals surface area contributed by atoms with E-state index in [-0.39, 0.29) is 5.91 Å². The molecular weight excluding hydrogens is 422 g/mol. The van der Waals surface area contributed by atoms with Crippen LogP contribution in [0.4, 0.5) is 5.69 Å². The first kappa shape index (κ1) is 20.4.